The van der Waals surface area contributed by atoms with Crippen LogP contribution in [0.1, 0.15) is 5.56 Å². The van der Waals surface area contributed by atoms with E-state index in [9.17, 15) is 13.2 Å². The molecule has 1 aromatic heterocycles. The Hall–Kier alpha value is -3.61. The molecular weight excluding hydrogens is 551 g/mol. The van der Waals surface area contributed by atoms with Crippen molar-refractivity contribution in [1.82, 2.24) is 9.88 Å². The number of fused-ring (bicyclic) bond motifs is 1. The first-order chi connectivity index (χ1) is 19.3. The van der Waals surface area contributed by atoms with Crippen LogP contribution in [-0.4, -0.2) is 68.5 Å². The summed E-state index contributed by atoms with van der Waals surface area (Å²) in [5, 5.41) is 3.46. The van der Waals surface area contributed by atoms with Gasteiger partial charge >= 0.3 is 6.18 Å². The normalized spacial score (nSPS) is 17.8. The molecular formula is C27H27ClF3N5O4. The molecule has 0 aliphatic carbocycles. The van der Waals surface area contributed by atoms with Crippen LogP contribution in [0, 0.1) is 0 Å². The lowest BCUT2D eigenvalue weighted by Crippen LogP contribution is -2.56. The summed E-state index contributed by atoms with van der Waals surface area (Å²) in [4.78, 5) is 14.1. The van der Waals surface area contributed by atoms with Crippen molar-refractivity contribution < 1.29 is 32.2 Å². The zero-order valence-electron chi connectivity index (χ0n) is 21.3. The van der Waals surface area contributed by atoms with E-state index in [4.69, 9.17) is 30.6 Å². The summed E-state index contributed by atoms with van der Waals surface area (Å²) in [6.07, 6.45) is -2.94. The number of piperazine rings is 1. The number of nitrogens with zero attached hydrogens (tertiary/aromatic N) is 3. The lowest BCUT2D eigenvalue weighted by molar-refractivity contribution is -0.137. The van der Waals surface area contributed by atoms with E-state index in [1.807, 2.05) is 4.90 Å². The number of pyridine rings is 1. The molecule has 40 heavy (non-hydrogen) atoms. The number of hydrogen-bond donors (Lipinski definition) is 2. The molecule has 2 N–H and O–H groups in total. The molecule has 3 aromatic rings. The largest absolute Gasteiger partial charge is 0.485 e. The summed E-state index contributed by atoms with van der Waals surface area (Å²) in [6, 6.07) is 10.6. The third-order valence-corrected chi connectivity index (χ3v) is 7.29. The Kier molecular flexibility index (Phi) is 7.39. The average molecular weight is 578 g/mol. The van der Waals surface area contributed by atoms with Crippen LogP contribution in [0.5, 0.6) is 23.0 Å². The number of benzene rings is 2. The van der Waals surface area contributed by atoms with Gasteiger partial charge in [-0.1, -0.05) is 11.6 Å². The monoisotopic (exact) mass is 577 g/mol. The Bertz CT molecular complexity index is 1370. The highest BCUT2D eigenvalue weighted by atomic mass is 35.5. The van der Waals surface area contributed by atoms with Crippen molar-refractivity contribution in [1.29, 1.82) is 0 Å². The second-order valence-corrected chi connectivity index (χ2v) is 10.0. The van der Waals surface area contributed by atoms with Gasteiger partial charge in [-0.25, -0.2) is 10.5 Å². The zero-order chi connectivity index (χ0) is 27.7. The van der Waals surface area contributed by atoms with Gasteiger partial charge in [0, 0.05) is 56.3 Å². The molecule has 13 heteroatoms. The van der Waals surface area contributed by atoms with Gasteiger partial charge in [0.1, 0.15) is 12.4 Å². The van der Waals surface area contributed by atoms with Gasteiger partial charge in [0.25, 0.3) is 0 Å². The lowest BCUT2D eigenvalue weighted by Gasteiger charge is -2.43. The molecule has 9 nitrogen and oxygen atoms in total. The highest BCUT2D eigenvalue weighted by Gasteiger charge is 2.33. The average Bonchev–Trinajstić information content (AvgIpc) is 2.92. The smallest absolute Gasteiger partial charge is 0.416 e. The van der Waals surface area contributed by atoms with Gasteiger partial charge in [0.05, 0.1) is 42.1 Å². The molecule has 4 heterocycles. The number of halogens is 4. The second kappa shape index (κ2) is 11.1. The standard InChI is InChI=1S/C27H27ClF3N5O4/c28-22-2-1-18(13-24(22)39-23-3-4-32-26-25(23)38-10-5-33-26)34-40-21-12-17(27(29,30)31)11-19(14-21)35-6-8-36(9-7-35)20-15-37-16-20/h1-4,11-14,20,34H,5-10,15-16H2,(H,32,33). The van der Waals surface area contributed by atoms with E-state index in [-0.39, 0.29) is 5.75 Å². The topological polar surface area (TPSA) is 80.3 Å². The van der Waals surface area contributed by atoms with E-state index in [1.54, 1.807) is 36.5 Å². The van der Waals surface area contributed by atoms with E-state index in [0.717, 1.165) is 25.2 Å². The molecule has 0 unspecified atom stereocenters. The number of alkyl halides is 3. The highest BCUT2D eigenvalue weighted by Crippen LogP contribution is 2.41. The van der Waals surface area contributed by atoms with Crippen molar-refractivity contribution in [2.24, 2.45) is 0 Å². The summed E-state index contributed by atoms with van der Waals surface area (Å²) in [7, 11) is 0. The molecule has 212 valence electrons. The molecule has 2 fully saturated rings. The zero-order valence-corrected chi connectivity index (χ0v) is 22.1. The number of anilines is 3. The third-order valence-electron chi connectivity index (χ3n) is 6.98. The molecule has 2 aromatic carbocycles. The van der Waals surface area contributed by atoms with E-state index in [2.05, 4.69) is 20.7 Å². The predicted molar refractivity (Wildman–Crippen MR) is 144 cm³/mol. The van der Waals surface area contributed by atoms with Crippen LogP contribution < -0.4 is 30.0 Å². The van der Waals surface area contributed by atoms with E-state index in [0.29, 0.717) is 85.0 Å². The first-order valence-corrected chi connectivity index (χ1v) is 13.3. The molecule has 6 rings (SSSR count). The Labute approximate surface area is 233 Å². The van der Waals surface area contributed by atoms with Gasteiger partial charge in [-0.05, 0) is 24.3 Å². The minimum absolute atomic E-state index is 0.0275. The fourth-order valence-corrected chi connectivity index (χ4v) is 4.90. The molecule has 0 spiro atoms. The van der Waals surface area contributed by atoms with Crippen molar-refractivity contribution in [3.63, 3.8) is 0 Å². The van der Waals surface area contributed by atoms with E-state index in [1.165, 1.54) is 0 Å². The van der Waals surface area contributed by atoms with Crippen LogP contribution >= 0.6 is 11.6 Å². The lowest BCUT2D eigenvalue weighted by atomic mass is 10.1. The molecule has 3 aliphatic heterocycles. The second-order valence-electron chi connectivity index (χ2n) is 9.64. The summed E-state index contributed by atoms with van der Waals surface area (Å²) >= 11 is 6.36. The van der Waals surface area contributed by atoms with Crippen molar-refractivity contribution in [3.05, 3.63) is 59.2 Å². The van der Waals surface area contributed by atoms with Gasteiger partial charge < -0.3 is 29.3 Å². The van der Waals surface area contributed by atoms with Crippen LogP contribution in [0.3, 0.4) is 0 Å². The van der Waals surface area contributed by atoms with Crippen molar-refractivity contribution in [2.75, 3.05) is 68.2 Å². The quantitative estimate of drug-likeness (QED) is 0.365. The fraction of sp³-hybridized carbons (Fsp3) is 0.370. The Morgan fingerprint density at radius 3 is 2.60 bits per heavy atom. The maximum absolute atomic E-state index is 13.8. The Morgan fingerprint density at radius 2 is 1.85 bits per heavy atom. The predicted octanol–water partition coefficient (Wildman–Crippen LogP) is 5.28. The van der Waals surface area contributed by atoms with Crippen molar-refractivity contribution in [2.45, 2.75) is 12.2 Å². The van der Waals surface area contributed by atoms with Crippen LogP contribution in [0.2, 0.25) is 5.02 Å². The molecule has 3 aliphatic rings. The SMILES string of the molecule is FC(F)(F)c1cc(ONc2ccc(Cl)c(Oc3ccnc4c3OCCN4)c2)cc(N2CCN(C3COC3)CC2)c1. The number of rotatable bonds is 7. The number of hydrogen-bond acceptors (Lipinski definition) is 9. The van der Waals surface area contributed by atoms with Crippen molar-refractivity contribution >= 4 is 28.8 Å². The summed E-state index contributed by atoms with van der Waals surface area (Å²) in [5.41, 5.74) is 2.81. The van der Waals surface area contributed by atoms with Gasteiger partial charge in [-0.3, -0.25) is 4.90 Å². The van der Waals surface area contributed by atoms with Crippen LogP contribution in [-0.2, 0) is 10.9 Å². The molecule has 0 saturated carbocycles. The number of nitrogens with one attached hydrogen (secondary N) is 2. The Morgan fingerprint density at radius 1 is 1.02 bits per heavy atom. The number of aromatic nitrogens is 1. The first kappa shape index (κ1) is 26.6. The maximum atomic E-state index is 13.8. The minimum Gasteiger partial charge on any atom is -0.485 e. The van der Waals surface area contributed by atoms with Gasteiger partial charge in [0.15, 0.2) is 17.3 Å². The summed E-state index contributed by atoms with van der Waals surface area (Å²) < 4.78 is 58.2. The van der Waals surface area contributed by atoms with Gasteiger partial charge in [0.2, 0.25) is 5.75 Å². The molecule has 0 amide bonds. The molecule has 0 atom stereocenters. The van der Waals surface area contributed by atoms with E-state index < -0.39 is 11.7 Å². The minimum atomic E-state index is -4.53. The van der Waals surface area contributed by atoms with Crippen molar-refractivity contribution in [3.8, 4) is 23.0 Å². The Balaban J connectivity index is 1.17. The first-order valence-electron chi connectivity index (χ1n) is 12.9. The molecule has 0 radical (unpaired) electrons. The summed E-state index contributed by atoms with van der Waals surface area (Å²) in [5.74, 6) is 1.79. The van der Waals surface area contributed by atoms with Crippen LogP contribution in [0.15, 0.2) is 48.7 Å². The maximum Gasteiger partial charge on any atom is 0.416 e. The molecule has 0 bridgehead atoms. The van der Waals surface area contributed by atoms with E-state index >= 15 is 0 Å². The molecule has 2 saturated heterocycles. The fourth-order valence-electron chi connectivity index (χ4n) is 4.75. The summed E-state index contributed by atoms with van der Waals surface area (Å²) in [6.45, 7) is 5.25. The van der Waals surface area contributed by atoms with Crippen LogP contribution in [0.4, 0.5) is 30.4 Å². The third kappa shape index (κ3) is 5.79. The number of ether oxygens (including phenoxy) is 3. The van der Waals surface area contributed by atoms with Gasteiger partial charge in [-0.15, -0.1) is 0 Å². The van der Waals surface area contributed by atoms with Gasteiger partial charge in [-0.2, -0.15) is 13.2 Å². The van der Waals surface area contributed by atoms with Crippen LogP contribution in [0.25, 0.3) is 0 Å². The highest BCUT2D eigenvalue weighted by molar-refractivity contribution is 6.32.